The number of aromatic amines is 1. The monoisotopic (exact) mass is 821 g/mol. The molecular formula is C47H59N5O8. The molecule has 9 rings (SSSR count). The molecule has 13 heteroatoms. The lowest BCUT2D eigenvalue weighted by Gasteiger charge is -2.64. The van der Waals surface area contributed by atoms with Crippen LogP contribution >= 0.6 is 0 Å². The molecule has 1 aliphatic carbocycles. The molecule has 13 nitrogen and oxygen atoms in total. The second-order valence-corrected chi connectivity index (χ2v) is 18.0. The van der Waals surface area contributed by atoms with E-state index in [0.717, 1.165) is 72.4 Å². The van der Waals surface area contributed by atoms with Crippen molar-refractivity contribution >= 4 is 34.6 Å². The number of fused-ring (bicyclic) bond motifs is 6. The molecule has 2 bridgehead atoms. The van der Waals surface area contributed by atoms with Gasteiger partial charge in [0.2, 0.25) is 0 Å². The average Bonchev–Trinajstić information content (AvgIpc) is 3.92. The number of esters is 2. The number of para-hydroxylation sites is 1. The van der Waals surface area contributed by atoms with Crippen LogP contribution in [0, 0.1) is 11.3 Å². The SMILES string of the molecule is CCC1=C[C@@H]2CN(CCc3c([nH]c4ccccc34)[C@@](C(=O)OC)(c3cc4c(cc3OC)N(C)[C@H]3[C@](O)(CNC(=O)OC)[C@H](OC(C)=O)[C@]5(CC)C=CCN6CC[C@]43[C@@H]65)C2)C1. The molecule has 9 atom stereocenters. The maximum absolute atomic E-state index is 15.3. The van der Waals surface area contributed by atoms with Crippen LogP contribution in [0.25, 0.3) is 10.9 Å². The van der Waals surface area contributed by atoms with Gasteiger partial charge in [0.15, 0.2) is 0 Å². The van der Waals surface area contributed by atoms with E-state index in [1.54, 1.807) is 7.11 Å². The smallest absolute Gasteiger partial charge is 0.406 e. The molecule has 60 heavy (non-hydrogen) atoms. The minimum Gasteiger partial charge on any atom is -0.496 e. The van der Waals surface area contributed by atoms with Gasteiger partial charge in [-0.1, -0.05) is 55.8 Å². The summed E-state index contributed by atoms with van der Waals surface area (Å²) in [5, 5.41) is 17.5. The second-order valence-electron chi connectivity index (χ2n) is 18.0. The topological polar surface area (TPSA) is 146 Å². The van der Waals surface area contributed by atoms with Crippen molar-refractivity contribution in [3.05, 3.63) is 82.6 Å². The van der Waals surface area contributed by atoms with Crippen LogP contribution in [0.15, 0.2) is 60.2 Å². The first kappa shape index (κ1) is 40.6. The highest BCUT2D eigenvalue weighted by Crippen LogP contribution is 2.68. The van der Waals surface area contributed by atoms with Crippen molar-refractivity contribution in [2.75, 3.05) is 72.5 Å². The summed E-state index contributed by atoms with van der Waals surface area (Å²) in [4.78, 5) is 52.2. The number of amides is 1. The number of rotatable bonds is 8. The summed E-state index contributed by atoms with van der Waals surface area (Å²) in [5.41, 5.74) is 2.05. The Bertz CT molecular complexity index is 2300. The molecule has 2 aromatic carbocycles. The number of hydrogen-bond acceptors (Lipinski definition) is 11. The lowest BCUT2D eigenvalue weighted by Crippen LogP contribution is -2.81. The normalized spacial score (nSPS) is 33.9. The van der Waals surface area contributed by atoms with Gasteiger partial charge in [0.25, 0.3) is 0 Å². The minimum absolute atomic E-state index is 0.0311. The molecule has 5 aliphatic heterocycles. The number of carbonyl (C=O) groups is 3. The van der Waals surface area contributed by atoms with Crippen LogP contribution in [-0.4, -0.2) is 129 Å². The summed E-state index contributed by atoms with van der Waals surface area (Å²) in [6.45, 7) is 9.41. The molecule has 1 saturated carbocycles. The van der Waals surface area contributed by atoms with Gasteiger partial charge < -0.3 is 39.3 Å². The predicted octanol–water partition coefficient (Wildman–Crippen LogP) is 4.98. The van der Waals surface area contributed by atoms with Gasteiger partial charge in [0.1, 0.15) is 22.9 Å². The van der Waals surface area contributed by atoms with Gasteiger partial charge in [0, 0.05) is 90.9 Å². The van der Waals surface area contributed by atoms with Gasteiger partial charge in [-0.15, -0.1) is 0 Å². The average molecular weight is 822 g/mol. The zero-order valence-electron chi connectivity index (χ0n) is 35.9. The van der Waals surface area contributed by atoms with Gasteiger partial charge in [-0.05, 0) is 67.8 Å². The Balaban J connectivity index is 1.35. The number of aliphatic hydroxyl groups is 1. The van der Waals surface area contributed by atoms with E-state index in [2.05, 4.69) is 81.3 Å². The first-order valence-corrected chi connectivity index (χ1v) is 21.6. The standard InChI is InChI=1S/C47H59N5O8/c1-8-29-21-30-24-46(42(54)58-6,38-32(15-19-51(25-29)26-30)31-13-10-11-14-35(31)49-38)34-22-33-36(23-37(34)57-5)50(4)40-45(33)17-20-52-18-12-16-44(9-2,39(45)52)41(60-28(3)53)47(40,56)27-48-43(55)59-7/h10-14,16,21-23,30,39-41,49,56H,8-9,15,17-20,24-27H2,1-7H3,(H,48,55)/t30-,39-,40+,41+,44+,45+,46-,47+/m0/s1. The van der Waals surface area contributed by atoms with E-state index in [9.17, 15) is 14.7 Å². The van der Waals surface area contributed by atoms with Crippen molar-refractivity contribution in [3.8, 4) is 5.75 Å². The molecule has 2 fully saturated rings. The molecule has 320 valence electrons. The Morgan fingerprint density at radius 2 is 1.83 bits per heavy atom. The minimum atomic E-state index is -1.80. The number of H-pyrrole nitrogens is 1. The van der Waals surface area contributed by atoms with Crippen LogP contribution in [0.3, 0.4) is 0 Å². The molecule has 1 amide bonds. The number of anilines is 1. The van der Waals surface area contributed by atoms with E-state index in [1.807, 2.05) is 19.2 Å². The maximum Gasteiger partial charge on any atom is 0.406 e. The molecule has 3 N–H and O–H groups in total. The third kappa shape index (κ3) is 5.50. The van der Waals surface area contributed by atoms with Crippen molar-refractivity contribution in [3.63, 3.8) is 0 Å². The van der Waals surface area contributed by atoms with Crippen LogP contribution in [-0.2, 0) is 41.1 Å². The largest absolute Gasteiger partial charge is 0.496 e. The zero-order valence-corrected chi connectivity index (χ0v) is 35.9. The molecular weight excluding hydrogens is 763 g/mol. The van der Waals surface area contributed by atoms with Gasteiger partial charge in [-0.25, -0.2) is 4.79 Å². The van der Waals surface area contributed by atoms with E-state index >= 15 is 4.79 Å². The number of alkyl carbamates (subject to hydrolysis) is 1. The van der Waals surface area contributed by atoms with Gasteiger partial charge in [-0.3, -0.25) is 19.4 Å². The van der Waals surface area contributed by atoms with Crippen LogP contribution in [0.2, 0.25) is 0 Å². The Kier molecular flexibility index (Phi) is 9.91. The van der Waals surface area contributed by atoms with Crippen LogP contribution < -0.4 is 15.0 Å². The van der Waals surface area contributed by atoms with Crippen molar-refractivity contribution in [1.29, 1.82) is 0 Å². The van der Waals surface area contributed by atoms with Crippen LogP contribution in [0.1, 0.15) is 68.8 Å². The number of aromatic nitrogens is 1. The summed E-state index contributed by atoms with van der Waals surface area (Å²) in [5.74, 6) is -0.319. The summed E-state index contributed by atoms with van der Waals surface area (Å²) in [7, 11) is 6.38. The molecule has 3 aromatic rings. The molecule has 0 radical (unpaired) electrons. The summed E-state index contributed by atoms with van der Waals surface area (Å²) < 4.78 is 23.8. The quantitative estimate of drug-likeness (QED) is 0.161. The maximum atomic E-state index is 15.3. The molecule has 6 heterocycles. The van der Waals surface area contributed by atoms with Crippen molar-refractivity contribution in [2.45, 2.75) is 87.5 Å². The fourth-order valence-electron chi connectivity index (χ4n) is 13.3. The zero-order chi connectivity index (χ0) is 42.4. The molecule has 1 unspecified atom stereocenters. The number of benzene rings is 2. The second kappa shape index (κ2) is 14.7. The predicted molar refractivity (Wildman–Crippen MR) is 227 cm³/mol. The molecule has 1 saturated heterocycles. The van der Waals surface area contributed by atoms with Crippen molar-refractivity contribution < 1.29 is 38.4 Å². The Morgan fingerprint density at radius 3 is 2.55 bits per heavy atom. The van der Waals surface area contributed by atoms with Gasteiger partial charge >= 0.3 is 18.0 Å². The fraction of sp³-hybridized carbons (Fsp3) is 0.553. The highest BCUT2D eigenvalue weighted by atomic mass is 16.6. The summed E-state index contributed by atoms with van der Waals surface area (Å²) in [6.07, 6.45) is 8.26. The van der Waals surface area contributed by atoms with Crippen molar-refractivity contribution in [1.82, 2.24) is 20.1 Å². The van der Waals surface area contributed by atoms with E-state index in [-0.39, 0.29) is 24.5 Å². The Hall–Kier alpha value is -4.85. The number of carbonyl (C=O) groups excluding carboxylic acids is 3. The first-order valence-electron chi connectivity index (χ1n) is 21.6. The Labute approximate surface area is 352 Å². The van der Waals surface area contributed by atoms with Crippen LogP contribution in [0.5, 0.6) is 5.75 Å². The Morgan fingerprint density at radius 1 is 1.03 bits per heavy atom. The van der Waals surface area contributed by atoms with Gasteiger partial charge in [0.05, 0.1) is 33.9 Å². The number of likely N-dealkylation sites (N-methyl/N-ethyl adjacent to an activating group) is 1. The fourth-order valence-corrected chi connectivity index (χ4v) is 13.3. The third-order valence-electron chi connectivity index (χ3n) is 15.4. The summed E-state index contributed by atoms with van der Waals surface area (Å²) in [6, 6.07) is 11.6. The van der Waals surface area contributed by atoms with E-state index in [4.69, 9.17) is 18.9 Å². The number of nitrogens with zero attached hydrogens (tertiary/aromatic N) is 3. The summed E-state index contributed by atoms with van der Waals surface area (Å²) >= 11 is 0. The van der Waals surface area contributed by atoms with Crippen molar-refractivity contribution in [2.24, 2.45) is 11.3 Å². The van der Waals surface area contributed by atoms with E-state index < -0.39 is 46.1 Å². The van der Waals surface area contributed by atoms with Crippen LogP contribution in [0.4, 0.5) is 10.5 Å². The first-order chi connectivity index (χ1) is 28.9. The lowest BCUT2D eigenvalue weighted by molar-refractivity contribution is -0.217. The van der Waals surface area contributed by atoms with E-state index in [0.29, 0.717) is 37.1 Å². The molecule has 6 aliphatic rings. The molecule has 1 spiro atoms. The number of ether oxygens (including phenoxy) is 4. The van der Waals surface area contributed by atoms with Gasteiger partial charge in [-0.2, -0.15) is 0 Å². The lowest BCUT2D eigenvalue weighted by atomic mass is 9.47. The third-order valence-corrected chi connectivity index (χ3v) is 15.4. The highest BCUT2D eigenvalue weighted by molar-refractivity contribution is 5.94. The number of methoxy groups -OCH3 is 3. The highest BCUT2D eigenvalue weighted by Gasteiger charge is 2.78. The van der Waals surface area contributed by atoms with E-state index in [1.165, 1.54) is 26.7 Å². The number of nitrogens with one attached hydrogen (secondary N) is 2. The number of hydrogen-bond donors (Lipinski definition) is 3. The molecule has 1 aromatic heterocycles.